The lowest BCUT2D eigenvalue weighted by molar-refractivity contribution is 0.969. The van der Waals surface area contributed by atoms with E-state index in [-0.39, 0.29) is 0 Å². The highest BCUT2D eigenvalue weighted by Crippen LogP contribution is 2.28. The summed E-state index contributed by atoms with van der Waals surface area (Å²) in [5.74, 6) is 0. The highest BCUT2D eigenvalue weighted by molar-refractivity contribution is 6.18. The Kier molecular flexibility index (Phi) is 4.56. The van der Waals surface area contributed by atoms with Crippen molar-refractivity contribution in [1.82, 2.24) is 0 Å². The summed E-state index contributed by atoms with van der Waals surface area (Å²) in [5, 5.41) is 0. The van der Waals surface area contributed by atoms with Crippen molar-refractivity contribution in [2.45, 2.75) is 12.8 Å². The van der Waals surface area contributed by atoms with Gasteiger partial charge in [0.05, 0.1) is 5.71 Å². The lowest BCUT2D eigenvalue weighted by Crippen LogP contribution is -2.01. The van der Waals surface area contributed by atoms with E-state index in [1.165, 1.54) is 27.8 Å². The standard InChI is InChI=1S/C24H21N/c1-3-9-19(10-4-1)15-16-25-24-22(17-20-11-5-2-6-12-20)18-21-13-7-8-14-23(21)24/h1-14,17H,15-16,18H2/b22-17+,25-24?. The van der Waals surface area contributed by atoms with E-state index in [1.807, 2.05) is 0 Å². The number of rotatable bonds is 4. The maximum atomic E-state index is 4.99. The Morgan fingerprint density at radius 2 is 1.44 bits per heavy atom. The third kappa shape index (κ3) is 3.61. The molecule has 0 heterocycles. The molecule has 0 fully saturated rings. The van der Waals surface area contributed by atoms with Crippen LogP contribution in [0.5, 0.6) is 0 Å². The Morgan fingerprint density at radius 1 is 0.760 bits per heavy atom. The average molecular weight is 323 g/mol. The first-order chi connectivity index (χ1) is 12.4. The second-order valence-corrected chi connectivity index (χ2v) is 6.38. The van der Waals surface area contributed by atoms with Gasteiger partial charge in [-0.05, 0) is 34.8 Å². The van der Waals surface area contributed by atoms with Gasteiger partial charge in [-0.15, -0.1) is 0 Å². The van der Waals surface area contributed by atoms with Gasteiger partial charge < -0.3 is 0 Å². The molecule has 0 unspecified atom stereocenters. The van der Waals surface area contributed by atoms with Gasteiger partial charge in [-0.2, -0.15) is 0 Å². The minimum Gasteiger partial charge on any atom is -0.284 e. The molecule has 0 spiro atoms. The lowest BCUT2D eigenvalue weighted by Gasteiger charge is -2.04. The molecule has 4 rings (SSSR count). The van der Waals surface area contributed by atoms with E-state index in [0.29, 0.717) is 0 Å². The van der Waals surface area contributed by atoms with Crippen LogP contribution in [-0.2, 0) is 12.8 Å². The van der Waals surface area contributed by atoms with Gasteiger partial charge in [-0.25, -0.2) is 0 Å². The largest absolute Gasteiger partial charge is 0.284 e. The molecule has 0 bridgehead atoms. The van der Waals surface area contributed by atoms with E-state index in [2.05, 4.69) is 91.0 Å². The number of hydrogen-bond donors (Lipinski definition) is 0. The Morgan fingerprint density at radius 3 is 2.24 bits per heavy atom. The van der Waals surface area contributed by atoms with Gasteiger partial charge in [-0.1, -0.05) is 84.9 Å². The number of hydrogen-bond acceptors (Lipinski definition) is 1. The third-order valence-electron chi connectivity index (χ3n) is 4.61. The second kappa shape index (κ2) is 7.31. The number of allylic oxidation sites excluding steroid dienone is 1. The lowest BCUT2D eigenvalue weighted by atomic mass is 10.1. The SMILES string of the molecule is C(=C1/Cc2ccccc2C1=NCCc1ccccc1)/c1ccccc1. The van der Waals surface area contributed by atoms with Gasteiger partial charge in [0.1, 0.15) is 0 Å². The normalized spacial score (nSPS) is 16.3. The van der Waals surface area contributed by atoms with Crippen LogP contribution in [-0.4, -0.2) is 12.3 Å². The van der Waals surface area contributed by atoms with Crippen LogP contribution in [0.4, 0.5) is 0 Å². The van der Waals surface area contributed by atoms with E-state index in [9.17, 15) is 0 Å². The van der Waals surface area contributed by atoms with E-state index in [0.717, 1.165) is 25.1 Å². The molecule has 0 atom stereocenters. The molecule has 0 amide bonds. The predicted octanol–water partition coefficient (Wildman–Crippen LogP) is 5.36. The minimum absolute atomic E-state index is 0.819. The van der Waals surface area contributed by atoms with Crippen LogP contribution in [0.25, 0.3) is 6.08 Å². The predicted molar refractivity (Wildman–Crippen MR) is 106 cm³/mol. The van der Waals surface area contributed by atoms with Gasteiger partial charge in [0, 0.05) is 18.5 Å². The van der Waals surface area contributed by atoms with Crippen LogP contribution in [0.15, 0.2) is 95.5 Å². The molecule has 3 aromatic carbocycles. The fourth-order valence-corrected chi connectivity index (χ4v) is 3.37. The Bertz CT molecular complexity index is 905. The van der Waals surface area contributed by atoms with Crippen LogP contribution in [0.2, 0.25) is 0 Å². The summed E-state index contributed by atoms with van der Waals surface area (Å²) >= 11 is 0. The first kappa shape index (κ1) is 15.6. The van der Waals surface area contributed by atoms with Crippen LogP contribution in [0, 0.1) is 0 Å². The van der Waals surface area contributed by atoms with Crippen molar-refractivity contribution < 1.29 is 0 Å². The molecule has 25 heavy (non-hydrogen) atoms. The summed E-state index contributed by atoms with van der Waals surface area (Å²) < 4.78 is 0. The Labute approximate surface area is 149 Å². The molecule has 0 saturated heterocycles. The monoisotopic (exact) mass is 323 g/mol. The summed E-state index contributed by atoms with van der Waals surface area (Å²) in [4.78, 5) is 4.99. The number of nitrogens with zero attached hydrogens (tertiary/aromatic N) is 1. The molecule has 0 aliphatic heterocycles. The third-order valence-corrected chi connectivity index (χ3v) is 4.61. The molecule has 0 radical (unpaired) electrons. The molecule has 0 aromatic heterocycles. The molecular weight excluding hydrogens is 302 g/mol. The van der Waals surface area contributed by atoms with E-state index < -0.39 is 0 Å². The summed E-state index contributed by atoms with van der Waals surface area (Å²) in [7, 11) is 0. The van der Waals surface area contributed by atoms with Crippen LogP contribution in [0.1, 0.15) is 22.3 Å². The Balaban J connectivity index is 1.63. The molecule has 1 aliphatic rings. The molecule has 3 aromatic rings. The smallest absolute Gasteiger partial charge is 0.0685 e. The first-order valence-electron chi connectivity index (χ1n) is 8.83. The van der Waals surface area contributed by atoms with Crippen molar-refractivity contribution in [2.24, 2.45) is 4.99 Å². The van der Waals surface area contributed by atoms with Gasteiger partial charge in [0.25, 0.3) is 0 Å². The van der Waals surface area contributed by atoms with E-state index in [1.54, 1.807) is 0 Å². The first-order valence-corrected chi connectivity index (χ1v) is 8.83. The van der Waals surface area contributed by atoms with Crippen molar-refractivity contribution >= 4 is 11.8 Å². The fraction of sp³-hybridized carbons (Fsp3) is 0.125. The van der Waals surface area contributed by atoms with Gasteiger partial charge >= 0.3 is 0 Å². The van der Waals surface area contributed by atoms with Crippen molar-refractivity contribution in [2.75, 3.05) is 6.54 Å². The van der Waals surface area contributed by atoms with Crippen molar-refractivity contribution in [3.05, 3.63) is 113 Å². The maximum Gasteiger partial charge on any atom is 0.0685 e. The summed E-state index contributed by atoms with van der Waals surface area (Å²) in [6.07, 6.45) is 4.22. The zero-order valence-corrected chi connectivity index (χ0v) is 14.2. The average Bonchev–Trinajstić information content (AvgIpc) is 3.01. The van der Waals surface area contributed by atoms with Crippen LogP contribution in [0.3, 0.4) is 0 Å². The number of fused-ring (bicyclic) bond motifs is 1. The van der Waals surface area contributed by atoms with E-state index in [4.69, 9.17) is 4.99 Å². The quantitative estimate of drug-likeness (QED) is 0.613. The fourth-order valence-electron chi connectivity index (χ4n) is 3.37. The molecule has 1 heteroatoms. The zero-order chi connectivity index (χ0) is 16.9. The highest BCUT2D eigenvalue weighted by atomic mass is 14.7. The van der Waals surface area contributed by atoms with Crippen molar-refractivity contribution in [1.29, 1.82) is 0 Å². The zero-order valence-electron chi connectivity index (χ0n) is 14.2. The second-order valence-electron chi connectivity index (χ2n) is 6.38. The summed E-state index contributed by atoms with van der Waals surface area (Å²) in [5.41, 5.74) is 7.73. The topological polar surface area (TPSA) is 12.4 Å². The van der Waals surface area contributed by atoms with Gasteiger partial charge in [-0.3, -0.25) is 4.99 Å². The molecule has 1 aliphatic carbocycles. The molecule has 1 nitrogen and oxygen atoms in total. The van der Waals surface area contributed by atoms with Crippen molar-refractivity contribution in [3.63, 3.8) is 0 Å². The molecule has 0 saturated carbocycles. The van der Waals surface area contributed by atoms with Crippen LogP contribution >= 0.6 is 0 Å². The molecule has 122 valence electrons. The highest BCUT2D eigenvalue weighted by Gasteiger charge is 2.21. The number of aliphatic imine (C=N–C) groups is 1. The molecule has 0 N–H and O–H groups in total. The minimum atomic E-state index is 0.819. The maximum absolute atomic E-state index is 4.99. The summed E-state index contributed by atoms with van der Waals surface area (Å²) in [6, 6.07) is 29.7. The molecular formula is C24H21N. The number of benzene rings is 3. The van der Waals surface area contributed by atoms with Gasteiger partial charge in [0.2, 0.25) is 0 Å². The van der Waals surface area contributed by atoms with Crippen molar-refractivity contribution in [3.8, 4) is 0 Å². The van der Waals surface area contributed by atoms with Gasteiger partial charge in [0.15, 0.2) is 0 Å². The van der Waals surface area contributed by atoms with Crippen LogP contribution < -0.4 is 0 Å². The summed E-state index contributed by atoms with van der Waals surface area (Å²) in [6.45, 7) is 0.819. The van der Waals surface area contributed by atoms with E-state index >= 15 is 0 Å². The Hall–Kier alpha value is -2.93.